The Balaban J connectivity index is 0.987. The van der Waals surface area contributed by atoms with Crippen LogP contribution in [0, 0.1) is 0 Å². The van der Waals surface area contributed by atoms with Crippen LogP contribution in [-0.2, 0) is 16.2 Å². The van der Waals surface area contributed by atoms with E-state index in [1.54, 1.807) is 0 Å². The van der Waals surface area contributed by atoms with Gasteiger partial charge in [0.2, 0.25) is 0 Å². The molecular formula is C66H60N4OS. The maximum Gasteiger partial charge on any atom is 0.137 e. The first-order valence-corrected chi connectivity index (χ1v) is 25.6. The van der Waals surface area contributed by atoms with Crippen molar-refractivity contribution in [2.24, 2.45) is 0 Å². The number of pyridine rings is 1. The van der Waals surface area contributed by atoms with Gasteiger partial charge in [-0.1, -0.05) is 171 Å². The normalized spacial score (nSPS) is 14.2. The highest BCUT2D eigenvalue weighted by Crippen LogP contribution is 2.51. The Hall–Kier alpha value is -7.67. The van der Waals surface area contributed by atoms with Crippen LogP contribution >= 0.6 is 11.3 Å². The molecule has 3 aromatic heterocycles. The Morgan fingerprint density at radius 2 is 1.18 bits per heavy atom. The summed E-state index contributed by atoms with van der Waals surface area (Å²) in [5, 5.41) is 4.82. The van der Waals surface area contributed by atoms with Crippen LogP contribution in [0.2, 0.25) is 0 Å². The SMILES string of the molecule is [2H]c1c([2H])c([2H])c(-c2cccc(-c3cc(C(C)(C)C)cc(C(C)(C)C)c3)c2N2CN(c3cccc(Oc4ccc5c6c7sc8ccccc8c7ccc6n(-c6cc(C(C)(C)C)ccn6)c5c4)c3)c3ccccc32)c([2H])c1[2H]. The molecule has 4 heterocycles. The summed E-state index contributed by atoms with van der Waals surface area (Å²) in [6.07, 6.45) is 1.91. The molecule has 1 aliphatic heterocycles. The molecule has 1 aliphatic rings. The third-order valence-corrected chi connectivity index (χ3v) is 15.5. The molecule has 356 valence electrons. The van der Waals surface area contributed by atoms with Crippen LogP contribution in [-0.4, -0.2) is 16.2 Å². The highest BCUT2D eigenvalue weighted by Gasteiger charge is 2.32. The van der Waals surface area contributed by atoms with E-state index in [1.807, 2.05) is 53.9 Å². The maximum absolute atomic E-state index is 9.27. The first-order valence-electron chi connectivity index (χ1n) is 27.3. The van der Waals surface area contributed by atoms with Gasteiger partial charge in [-0.3, -0.25) is 4.57 Å². The van der Waals surface area contributed by atoms with Crippen molar-refractivity contribution >= 4 is 76.1 Å². The number of nitrogens with zero attached hydrogens (tertiary/aromatic N) is 4. The van der Waals surface area contributed by atoms with Crippen molar-refractivity contribution in [2.75, 3.05) is 16.5 Å². The number of para-hydroxylation sites is 3. The lowest BCUT2D eigenvalue weighted by Crippen LogP contribution is -2.25. The van der Waals surface area contributed by atoms with Crippen molar-refractivity contribution in [1.29, 1.82) is 0 Å². The Morgan fingerprint density at radius 1 is 0.528 bits per heavy atom. The quantitative estimate of drug-likeness (QED) is 0.159. The third-order valence-electron chi connectivity index (χ3n) is 14.2. The number of thiophene rings is 1. The molecule has 0 spiro atoms. The molecule has 11 aromatic rings. The number of hydrogen-bond acceptors (Lipinski definition) is 5. The molecule has 5 nitrogen and oxygen atoms in total. The number of fused-ring (bicyclic) bond motifs is 8. The van der Waals surface area contributed by atoms with Gasteiger partial charge in [0.1, 0.15) is 24.0 Å². The van der Waals surface area contributed by atoms with Crippen LogP contribution in [0.15, 0.2) is 188 Å². The molecule has 0 radical (unpaired) electrons. The van der Waals surface area contributed by atoms with Gasteiger partial charge < -0.3 is 14.5 Å². The highest BCUT2D eigenvalue weighted by molar-refractivity contribution is 7.26. The standard InChI is InChI=1S/C66H60N4OS/c1-64(2,3)44-33-34-67-60(38-44)70-57-32-31-53-52-23-13-16-28-59(52)72-63(53)61(57)54-30-29-49(40-58(54)70)71-48-22-17-21-47(39-48)68-41-69(56-27-15-14-26-55(56)68)62-50(42-19-11-10-12-20-42)24-18-25-51(62)43-35-45(65(4,5)6)37-46(36-43)66(7,8)9/h10-40H,41H2,1-9H3/i10D,11D,12D,19D,20D. The van der Waals surface area contributed by atoms with E-state index in [2.05, 4.69) is 192 Å². The van der Waals surface area contributed by atoms with Gasteiger partial charge in [-0.25, -0.2) is 4.98 Å². The summed E-state index contributed by atoms with van der Waals surface area (Å²) in [6, 6.07) is 51.3. The Labute approximate surface area is 434 Å². The van der Waals surface area contributed by atoms with E-state index in [1.165, 1.54) is 42.2 Å². The smallest absolute Gasteiger partial charge is 0.137 e. The highest BCUT2D eigenvalue weighted by atomic mass is 32.1. The fourth-order valence-corrected chi connectivity index (χ4v) is 11.6. The zero-order valence-corrected chi connectivity index (χ0v) is 43.1. The minimum Gasteiger partial charge on any atom is -0.457 e. The molecular weight excluding hydrogens is 897 g/mol. The number of aromatic nitrogens is 2. The van der Waals surface area contributed by atoms with Gasteiger partial charge in [-0.2, -0.15) is 0 Å². The van der Waals surface area contributed by atoms with Crippen LogP contribution in [0.1, 0.15) is 85.9 Å². The number of ether oxygens (including phenoxy) is 1. The van der Waals surface area contributed by atoms with Crippen molar-refractivity contribution in [3.8, 4) is 39.6 Å². The molecule has 0 bridgehead atoms. The molecule has 0 N–H and O–H groups in total. The summed E-state index contributed by atoms with van der Waals surface area (Å²) in [6.45, 7) is 20.4. The molecule has 0 aliphatic carbocycles. The molecule has 8 aromatic carbocycles. The van der Waals surface area contributed by atoms with E-state index >= 15 is 0 Å². The van der Waals surface area contributed by atoms with E-state index in [0.29, 0.717) is 23.7 Å². The van der Waals surface area contributed by atoms with Crippen LogP contribution in [0.25, 0.3) is 70.0 Å². The van der Waals surface area contributed by atoms with Crippen molar-refractivity contribution in [1.82, 2.24) is 9.55 Å². The van der Waals surface area contributed by atoms with Crippen LogP contribution in [0.3, 0.4) is 0 Å². The minimum atomic E-state index is -0.423. The second-order valence-electron chi connectivity index (χ2n) is 22.2. The second kappa shape index (κ2) is 17.0. The van der Waals surface area contributed by atoms with Gasteiger partial charge in [0.05, 0.1) is 34.9 Å². The first kappa shape index (κ1) is 40.0. The average molecular weight is 962 g/mol. The monoisotopic (exact) mass is 961 g/mol. The van der Waals surface area contributed by atoms with E-state index in [0.717, 1.165) is 56.1 Å². The predicted molar refractivity (Wildman–Crippen MR) is 307 cm³/mol. The Kier molecular flexibility index (Phi) is 9.44. The van der Waals surface area contributed by atoms with Crippen molar-refractivity contribution < 1.29 is 11.6 Å². The van der Waals surface area contributed by atoms with Gasteiger partial charge in [0.15, 0.2) is 0 Å². The molecule has 0 unspecified atom stereocenters. The number of rotatable bonds is 7. The van der Waals surface area contributed by atoms with Crippen LogP contribution < -0.4 is 14.5 Å². The molecule has 0 fully saturated rings. The largest absolute Gasteiger partial charge is 0.457 e. The van der Waals surface area contributed by atoms with Crippen molar-refractivity contribution in [3.05, 3.63) is 205 Å². The van der Waals surface area contributed by atoms with Gasteiger partial charge in [0.25, 0.3) is 0 Å². The molecule has 72 heavy (non-hydrogen) atoms. The number of benzene rings is 8. The molecule has 0 atom stereocenters. The third kappa shape index (κ3) is 7.89. The maximum atomic E-state index is 9.27. The lowest BCUT2D eigenvalue weighted by atomic mass is 9.78. The van der Waals surface area contributed by atoms with Crippen LogP contribution in [0.4, 0.5) is 22.7 Å². The van der Waals surface area contributed by atoms with Crippen molar-refractivity contribution in [2.45, 2.75) is 78.6 Å². The molecule has 0 amide bonds. The summed E-state index contributed by atoms with van der Waals surface area (Å²) >= 11 is 1.83. The Bertz CT molecular complexity index is 4150. The summed E-state index contributed by atoms with van der Waals surface area (Å²) < 4.78 is 56.3. The lowest BCUT2D eigenvalue weighted by Gasteiger charge is -2.29. The van der Waals surface area contributed by atoms with E-state index in [-0.39, 0.29) is 46.0 Å². The summed E-state index contributed by atoms with van der Waals surface area (Å²) in [4.78, 5) is 9.48. The van der Waals surface area contributed by atoms with Gasteiger partial charge in [0, 0.05) is 66.1 Å². The summed E-state index contributed by atoms with van der Waals surface area (Å²) in [5.74, 6) is 2.20. The zero-order valence-electron chi connectivity index (χ0n) is 47.3. The average Bonchev–Trinajstić information content (AvgIpc) is 4.32. The fourth-order valence-electron chi connectivity index (χ4n) is 10.4. The van der Waals surface area contributed by atoms with Gasteiger partial charge in [-0.15, -0.1) is 11.3 Å². The van der Waals surface area contributed by atoms with Crippen molar-refractivity contribution in [3.63, 3.8) is 0 Å². The molecule has 0 saturated carbocycles. The van der Waals surface area contributed by atoms with E-state index in [4.69, 9.17) is 13.8 Å². The molecule has 12 rings (SSSR count). The number of anilines is 4. The zero-order chi connectivity index (χ0) is 54.0. The second-order valence-corrected chi connectivity index (χ2v) is 23.2. The molecule has 0 saturated heterocycles. The first-order chi connectivity index (χ1) is 36.7. The fraction of sp³-hybridized carbons (Fsp3) is 0.197. The lowest BCUT2D eigenvalue weighted by molar-refractivity contribution is 0.483. The topological polar surface area (TPSA) is 33.5 Å². The van der Waals surface area contributed by atoms with E-state index < -0.39 is 6.04 Å². The Morgan fingerprint density at radius 3 is 1.92 bits per heavy atom. The predicted octanol–water partition coefficient (Wildman–Crippen LogP) is 18.8. The van der Waals surface area contributed by atoms with Gasteiger partial charge in [-0.05, 0) is 105 Å². The summed E-state index contributed by atoms with van der Waals surface area (Å²) in [7, 11) is 0. The van der Waals surface area contributed by atoms with Crippen LogP contribution in [0.5, 0.6) is 11.5 Å². The molecule has 6 heteroatoms. The van der Waals surface area contributed by atoms with E-state index in [9.17, 15) is 2.74 Å². The van der Waals surface area contributed by atoms with Gasteiger partial charge >= 0.3 is 0 Å². The number of hydrogen-bond donors (Lipinski definition) is 0. The minimum absolute atomic E-state index is 0.0778. The summed E-state index contributed by atoms with van der Waals surface area (Å²) in [5.41, 5.74) is 11.3.